The highest BCUT2D eigenvalue weighted by Gasteiger charge is 2.69. The topological polar surface area (TPSA) is 110 Å². The number of hydrogen-bond acceptors (Lipinski definition) is 6. The van der Waals surface area contributed by atoms with Crippen molar-refractivity contribution in [1.29, 1.82) is 0 Å². The lowest BCUT2D eigenvalue weighted by Crippen LogP contribution is -2.51. The number of benzene rings is 3. The largest absolute Gasteiger partial charge is 0.352 e. The molecule has 1 amide bonds. The number of Topliss-reactive ketones (excluding diaryl/α,β-unsaturated/α-hetero) is 2. The van der Waals surface area contributed by atoms with Gasteiger partial charge in [-0.05, 0) is 42.3 Å². The van der Waals surface area contributed by atoms with E-state index < -0.39 is 40.0 Å². The number of fused-ring (bicyclic) bond motifs is 6. The minimum absolute atomic E-state index is 0.0714. The van der Waals surface area contributed by atoms with Crippen molar-refractivity contribution in [3.8, 4) is 0 Å². The molecule has 0 aromatic heterocycles. The fourth-order valence-corrected chi connectivity index (χ4v) is 6.44. The highest BCUT2D eigenvalue weighted by Crippen LogP contribution is 2.57. The van der Waals surface area contributed by atoms with E-state index in [2.05, 4.69) is 5.32 Å². The van der Waals surface area contributed by atoms with Gasteiger partial charge in [0.15, 0.2) is 11.6 Å². The predicted octanol–water partition coefficient (Wildman–Crippen LogP) is 4.81. The summed E-state index contributed by atoms with van der Waals surface area (Å²) < 4.78 is 0. The molecular formula is C28H20ClN3O5. The molecular weight excluding hydrogens is 494 g/mol. The van der Waals surface area contributed by atoms with Crippen LogP contribution in [0.3, 0.4) is 0 Å². The molecule has 8 nitrogen and oxygen atoms in total. The van der Waals surface area contributed by atoms with E-state index in [1.54, 1.807) is 42.5 Å². The number of halogens is 1. The van der Waals surface area contributed by atoms with Gasteiger partial charge in [0.25, 0.3) is 5.69 Å². The second-order valence-corrected chi connectivity index (χ2v) is 9.92. The molecule has 3 aromatic carbocycles. The Morgan fingerprint density at radius 1 is 1.08 bits per heavy atom. The zero-order chi connectivity index (χ0) is 26.1. The molecule has 3 aromatic rings. The van der Waals surface area contributed by atoms with Crippen LogP contribution in [0.25, 0.3) is 6.08 Å². The van der Waals surface area contributed by atoms with Crippen molar-refractivity contribution in [2.45, 2.75) is 24.4 Å². The molecule has 0 aliphatic carbocycles. The average molecular weight is 514 g/mol. The second-order valence-electron chi connectivity index (χ2n) is 9.49. The molecule has 1 fully saturated rings. The number of nitrogens with one attached hydrogen (secondary N) is 1. The minimum atomic E-state index is -1.44. The normalized spacial score (nSPS) is 24.9. The maximum absolute atomic E-state index is 14.3. The van der Waals surface area contributed by atoms with Crippen molar-refractivity contribution in [3.63, 3.8) is 0 Å². The summed E-state index contributed by atoms with van der Waals surface area (Å²) in [6.07, 6.45) is 3.70. The van der Waals surface area contributed by atoms with Gasteiger partial charge < -0.3 is 10.2 Å². The first-order valence-corrected chi connectivity index (χ1v) is 12.1. The van der Waals surface area contributed by atoms with Gasteiger partial charge >= 0.3 is 0 Å². The van der Waals surface area contributed by atoms with Crippen LogP contribution in [0, 0.1) is 16.0 Å². The summed E-state index contributed by atoms with van der Waals surface area (Å²) >= 11 is 6.24. The maximum atomic E-state index is 14.3. The Balaban J connectivity index is 1.64. The summed E-state index contributed by atoms with van der Waals surface area (Å²) in [7, 11) is 0. The van der Waals surface area contributed by atoms with E-state index in [-0.39, 0.29) is 17.0 Å². The van der Waals surface area contributed by atoms with Gasteiger partial charge in [-0.25, -0.2) is 0 Å². The number of nitrogens with zero attached hydrogens (tertiary/aromatic N) is 2. The lowest BCUT2D eigenvalue weighted by Gasteiger charge is -2.37. The molecule has 0 bridgehead atoms. The van der Waals surface area contributed by atoms with Crippen LogP contribution in [-0.2, 0) is 15.0 Å². The number of rotatable bonds is 4. The van der Waals surface area contributed by atoms with E-state index in [0.29, 0.717) is 22.0 Å². The van der Waals surface area contributed by atoms with Crippen LogP contribution >= 0.6 is 11.6 Å². The smallest absolute Gasteiger partial charge is 0.270 e. The van der Waals surface area contributed by atoms with Crippen LogP contribution in [0.15, 0.2) is 72.8 Å². The minimum Gasteiger partial charge on any atom is -0.352 e. The van der Waals surface area contributed by atoms with Crippen molar-refractivity contribution >= 4 is 52.2 Å². The summed E-state index contributed by atoms with van der Waals surface area (Å²) in [5, 5.41) is 14.9. The molecule has 0 unspecified atom stereocenters. The molecule has 1 N–H and O–H groups in total. The van der Waals surface area contributed by atoms with Crippen molar-refractivity contribution < 1.29 is 19.3 Å². The monoisotopic (exact) mass is 513 g/mol. The van der Waals surface area contributed by atoms with Crippen LogP contribution in [0.4, 0.5) is 17.1 Å². The van der Waals surface area contributed by atoms with E-state index in [1.807, 2.05) is 17.1 Å². The van der Waals surface area contributed by atoms with Crippen LogP contribution in [0.2, 0.25) is 5.02 Å². The number of anilines is 2. The fraction of sp³-hybridized carbons (Fsp3) is 0.179. The number of nitro benzene ring substituents is 1. The zero-order valence-electron chi connectivity index (χ0n) is 19.6. The lowest BCUT2D eigenvalue weighted by atomic mass is 9.64. The third-order valence-corrected chi connectivity index (χ3v) is 7.87. The number of para-hydroxylation sites is 1. The molecule has 4 atom stereocenters. The van der Waals surface area contributed by atoms with Gasteiger partial charge in [-0.3, -0.25) is 24.5 Å². The Morgan fingerprint density at radius 3 is 2.62 bits per heavy atom. The molecule has 0 saturated carbocycles. The van der Waals surface area contributed by atoms with Crippen molar-refractivity contribution in [2.75, 3.05) is 10.2 Å². The highest BCUT2D eigenvalue weighted by atomic mass is 35.5. The molecule has 184 valence electrons. The highest BCUT2D eigenvalue weighted by molar-refractivity contribution is 6.31. The summed E-state index contributed by atoms with van der Waals surface area (Å²) in [6, 6.07) is 16.2. The van der Waals surface area contributed by atoms with Crippen molar-refractivity contribution in [2.24, 2.45) is 5.92 Å². The van der Waals surface area contributed by atoms with Crippen molar-refractivity contribution in [3.05, 3.63) is 105 Å². The lowest BCUT2D eigenvalue weighted by molar-refractivity contribution is -0.384. The van der Waals surface area contributed by atoms with Crippen LogP contribution in [0.1, 0.15) is 28.4 Å². The van der Waals surface area contributed by atoms with E-state index in [0.717, 1.165) is 5.56 Å². The van der Waals surface area contributed by atoms with Gasteiger partial charge in [0.1, 0.15) is 5.41 Å². The van der Waals surface area contributed by atoms with Gasteiger partial charge in [-0.2, -0.15) is 0 Å². The van der Waals surface area contributed by atoms with Crippen LogP contribution in [0.5, 0.6) is 0 Å². The first-order valence-electron chi connectivity index (χ1n) is 11.7. The SMILES string of the molecule is CC(=O)[C@@H]1[C@H](C(=O)c2cccc([N+](=O)[O-])c2)[C@]2(C(=O)Nc3ccccc32)[C@H]2C=Cc3cc(Cl)ccc3N12. The van der Waals surface area contributed by atoms with E-state index in [1.165, 1.54) is 31.2 Å². The number of ketones is 2. The van der Waals surface area contributed by atoms with Crippen LogP contribution in [-0.4, -0.2) is 34.5 Å². The summed E-state index contributed by atoms with van der Waals surface area (Å²) in [5.41, 5.74) is 1.02. The standard InChI is InChI=1S/C28H20ClN3O5/c1-15(33)25-24(26(34)17-5-4-6-19(14-17)32(36)37)28(20-7-2-3-8-21(20)30-27(28)35)23-12-9-16-13-18(29)10-11-22(16)31(23)25/h2-14,23-25H,1H3,(H,30,35)/t23-,24-,25-,28-/m1/s1. The predicted molar refractivity (Wildman–Crippen MR) is 139 cm³/mol. The zero-order valence-corrected chi connectivity index (χ0v) is 20.3. The number of non-ortho nitro benzene ring substituents is 1. The van der Waals surface area contributed by atoms with Gasteiger partial charge in [0, 0.05) is 34.1 Å². The first kappa shape index (κ1) is 23.1. The van der Waals surface area contributed by atoms with E-state index in [9.17, 15) is 24.5 Å². The van der Waals surface area contributed by atoms with Gasteiger partial charge in [0.05, 0.1) is 22.9 Å². The molecule has 1 spiro atoms. The summed E-state index contributed by atoms with van der Waals surface area (Å²) in [5.74, 6) is -2.33. The molecule has 3 heterocycles. The maximum Gasteiger partial charge on any atom is 0.270 e. The number of nitro groups is 1. The number of amides is 1. The van der Waals surface area contributed by atoms with Crippen molar-refractivity contribution in [1.82, 2.24) is 0 Å². The van der Waals surface area contributed by atoms with Crippen LogP contribution < -0.4 is 10.2 Å². The Hall–Kier alpha value is -4.30. The quantitative estimate of drug-likeness (QED) is 0.304. The summed E-state index contributed by atoms with van der Waals surface area (Å²) in [4.78, 5) is 54.4. The molecule has 0 radical (unpaired) electrons. The Bertz CT molecular complexity index is 1570. The van der Waals surface area contributed by atoms with E-state index in [4.69, 9.17) is 11.6 Å². The Morgan fingerprint density at radius 2 is 1.86 bits per heavy atom. The molecule has 3 aliphatic heterocycles. The number of hydrogen-bond donors (Lipinski definition) is 1. The van der Waals surface area contributed by atoms with E-state index >= 15 is 0 Å². The molecule has 3 aliphatic rings. The molecule has 6 rings (SSSR count). The Kier molecular flexibility index (Phi) is 5.07. The van der Waals surface area contributed by atoms with Gasteiger partial charge in [0.2, 0.25) is 5.91 Å². The fourth-order valence-electron chi connectivity index (χ4n) is 6.26. The first-order chi connectivity index (χ1) is 17.7. The summed E-state index contributed by atoms with van der Waals surface area (Å²) in [6.45, 7) is 1.40. The molecule has 1 saturated heterocycles. The average Bonchev–Trinajstić information content (AvgIpc) is 3.36. The third kappa shape index (κ3) is 3.12. The second kappa shape index (κ2) is 8.11. The van der Waals surface area contributed by atoms with Gasteiger partial charge in [-0.1, -0.05) is 54.1 Å². The molecule has 37 heavy (non-hydrogen) atoms. The number of carbonyl (C=O) groups is 3. The molecule has 9 heteroatoms. The Labute approximate surface area is 216 Å². The third-order valence-electron chi connectivity index (χ3n) is 7.64. The number of carbonyl (C=O) groups excluding carboxylic acids is 3. The van der Waals surface area contributed by atoms with Gasteiger partial charge in [-0.15, -0.1) is 0 Å².